The predicted octanol–water partition coefficient (Wildman–Crippen LogP) is 4.89. The second-order valence-corrected chi connectivity index (χ2v) is 5.95. The molecule has 1 heteroatoms. The zero-order valence-electron chi connectivity index (χ0n) is 11.9. The molecule has 17 heavy (non-hydrogen) atoms. The smallest absolute Gasteiger partial charge is 0.00462 e. The minimum atomic E-state index is 0.841. The molecule has 1 fully saturated rings. The van der Waals surface area contributed by atoms with Crippen molar-refractivity contribution in [1.29, 1.82) is 0 Å². The highest BCUT2D eigenvalue weighted by Crippen LogP contribution is 2.33. The average Bonchev–Trinajstić information content (AvgIpc) is 2.86. The molecule has 1 atom stereocenters. The van der Waals surface area contributed by atoms with Crippen LogP contribution in [-0.2, 0) is 0 Å². The van der Waals surface area contributed by atoms with Crippen molar-refractivity contribution in [2.45, 2.75) is 84.0 Å². The van der Waals surface area contributed by atoms with Crippen LogP contribution in [0.15, 0.2) is 0 Å². The van der Waals surface area contributed by atoms with Crippen LogP contribution in [0.2, 0.25) is 0 Å². The molecule has 0 spiro atoms. The van der Waals surface area contributed by atoms with E-state index in [-0.39, 0.29) is 0 Å². The Hall–Kier alpha value is -0.0400. The van der Waals surface area contributed by atoms with E-state index in [4.69, 9.17) is 5.73 Å². The molecule has 1 rings (SSSR count). The molecule has 1 unspecified atom stereocenters. The van der Waals surface area contributed by atoms with Gasteiger partial charge < -0.3 is 5.73 Å². The zero-order valence-corrected chi connectivity index (χ0v) is 11.9. The van der Waals surface area contributed by atoms with Crippen LogP contribution in [0.1, 0.15) is 84.0 Å². The van der Waals surface area contributed by atoms with Gasteiger partial charge >= 0.3 is 0 Å². The van der Waals surface area contributed by atoms with Gasteiger partial charge in [-0.15, -0.1) is 0 Å². The summed E-state index contributed by atoms with van der Waals surface area (Å²) in [6.45, 7) is 3.22. The lowest BCUT2D eigenvalue weighted by Crippen LogP contribution is -2.21. The second kappa shape index (κ2) is 9.94. The Morgan fingerprint density at radius 3 is 2.12 bits per heavy atom. The third-order valence-corrected chi connectivity index (χ3v) is 4.55. The molecule has 0 aromatic heterocycles. The molecule has 0 aromatic rings. The fourth-order valence-corrected chi connectivity index (χ4v) is 3.34. The molecule has 0 amide bonds. The first-order valence-electron chi connectivity index (χ1n) is 8.08. The zero-order chi connectivity index (χ0) is 12.3. The third-order valence-electron chi connectivity index (χ3n) is 4.55. The Labute approximate surface area is 109 Å². The van der Waals surface area contributed by atoms with Crippen molar-refractivity contribution in [1.82, 2.24) is 0 Å². The Balaban J connectivity index is 1.96. The maximum atomic E-state index is 5.93. The first-order chi connectivity index (χ1) is 8.38. The Morgan fingerprint density at radius 1 is 0.941 bits per heavy atom. The summed E-state index contributed by atoms with van der Waals surface area (Å²) >= 11 is 0. The van der Waals surface area contributed by atoms with Gasteiger partial charge in [-0.05, 0) is 24.8 Å². The van der Waals surface area contributed by atoms with Gasteiger partial charge in [-0.25, -0.2) is 0 Å². The maximum Gasteiger partial charge on any atom is -0.00462 e. The molecule has 1 aliphatic rings. The van der Waals surface area contributed by atoms with Gasteiger partial charge in [-0.2, -0.15) is 0 Å². The predicted molar refractivity (Wildman–Crippen MR) is 77.1 cm³/mol. The molecule has 0 radical (unpaired) electrons. The lowest BCUT2D eigenvalue weighted by Gasteiger charge is -2.21. The van der Waals surface area contributed by atoms with Crippen molar-refractivity contribution in [2.75, 3.05) is 6.54 Å². The molecule has 0 aliphatic heterocycles. The van der Waals surface area contributed by atoms with Gasteiger partial charge in [0.05, 0.1) is 0 Å². The Kier molecular flexibility index (Phi) is 8.78. The molecular weight excluding hydrogens is 206 g/mol. The first kappa shape index (κ1) is 15.0. The van der Waals surface area contributed by atoms with Gasteiger partial charge in [0.25, 0.3) is 0 Å². The van der Waals surface area contributed by atoms with E-state index in [0.29, 0.717) is 0 Å². The summed E-state index contributed by atoms with van der Waals surface area (Å²) in [5.74, 6) is 1.81. The summed E-state index contributed by atoms with van der Waals surface area (Å²) in [4.78, 5) is 0. The monoisotopic (exact) mass is 239 g/mol. The van der Waals surface area contributed by atoms with Crippen molar-refractivity contribution in [2.24, 2.45) is 17.6 Å². The number of unbranched alkanes of at least 4 members (excludes halogenated alkanes) is 6. The SMILES string of the molecule is CCCCCCCCCC(CN)C1CCCC1. The third kappa shape index (κ3) is 6.45. The van der Waals surface area contributed by atoms with Crippen LogP contribution >= 0.6 is 0 Å². The minimum absolute atomic E-state index is 0.841. The lowest BCUT2D eigenvalue weighted by atomic mass is 9.86. The van der Waals surface area contributed by atoms with Crippen molar-refractivity contribution in [3.63, 3.8) is 0 Å². The number of rotatable bonds is 10. The van der Waals surface area contributed by atoms with E-state index in [1.165, 1.54) is 77.0 Å². The highest BCUT2D eigenvalue weighted by molar-refractivity contribution is 4.76. The normalized spacial score (nSPS) is 18.7. The second-order valence-electron chi connectivity index (χ2n) is 5.95. The summed E-state index contributed by atoms with van der Waals surface area (Å²) in [7, 11) is 0. The van der Waals surface area contributed by atoms with Crippen LogP contribution in [-0.4, -0.2) is 6.54 Å². The quantitative estimate of drug-likeness (QED) is 0.540. The molecular formula is C16H33N. The molecule has 102 valence electrons. The lowest BCUT2D eigenvalue weighted by molar-refractivity contribution is 0.315. The van der Waals surface area contributed by atoms with E-state index in [2.05, 4.69) is 6.92 Å². The largest absolute Gasteiger partial charge is 0.330 e. The van der Waals surface area contributed by atoms with Crippen molar-refractivity contribution >= 4 is 0 Å². The van der Waals surface area contributed by atoms with Crippen LogP contribution < -0.4 is 5.73 Å². The highest BCUT2D eigenvalue weighted by atomic mass is 14.6. The number of nitrogens with two attached hydrogens (primary N) is 1. The van der Waals surface area contributed by atoms with E-state index in [1.54, 1.807) is 0 Å². The van der Waals surface area contributed by atoms with Gasteiger partial charge in [-0.1, -0.05) is 77.6 Å². The fraction of sp³-hybridized carbons (Fsp3) is 1.00. The molecule has 1 saturated carbocycles. The standard InChI is InChI=1S/C16H33N/c1-2-3-4-5-6-7-8-13-16(14-17)15-11-9-10-12-15/h15-16H,2-14,17H2,1H3. The molecule has 0 saturated heterocycles. The van der Waals surface area contributed by atoms with Gasteiger partial charge in [0.1, 0.15) is 0 Å². The van der Waals surface area contributed by atoms with Crippen LogP contribution in [0.4, 0.5) is 0 Å². The van der Waals surface area contributed by atoms with Crippen molar-refractivity contribution in [3.8, 4) is 0 Å². The summed E-state index contributed by atoms with van der Waals surface area (Å²) in [5, 5.41) is 0. The molecule has 0 heterocycles. The van der Waals surface area contributed by atoms with E-state index in [1.807, 2.05) is 0 Å². The van der Waals surface area contributed by atoms with Crippen LogP contribution in [0.25, 0.3) is 0 Å². The van der Waals surface area contributed by atoms with Crippen LogP contribution in [0.3, 0.4) is 0 Å². The van der Waals surface area contributed by atoms with Gasteiger partial charge in [0, 0.05) is 0 Å². The van der Waals surface area contributed by atoms with Gasteiger partial charge in [0.2, 0.25) is 0 Å². The summed E-state index contributed by atoms with van der Waals surface area (Å²) in [6, 6.07) is 0. The summed E-state index contributed by atoms with van der Waals surface area (Å²) in [6.07, 6.45) is 17.2. The molecule has 0 aromatic carbocycles. The summed E-state index contributed by atoms with van der Waals surface area (Å²) in [5.41, 5.74) is 5.93. The van der Waals surface area contributed by atoms with E-state index in [9.17, 15) is 0 Å². The Morgan fingerprint density at radius 2 is 1.53 bits per heavy atom. The molecule has 1 nitrogen and oxygen atoms in total. The van der Waals surface area contributed by atoms with Crippen molar-refractivity contribution in [3.05, 3.63) is 0 Å². The maximum absolute atomic E-state index is 5.93. The first-order valence-corrected chi connectivity index (χ1v) is 8.08. The van der Waals surface area contributed by atoms with Crippen LogP contribution in [0.5, 0.6) is 0 Å². The Bertz CT molecular complexity index is 161. The van der Waals surface area contributed by atoms with Crippen molar-refractivity contribution < 1.29 is 0 Å². The van der Waals surface area contributed by atoms with E-state index in [0.717, 1.165) is 18.4 Å². The number of hydrogen-bond donors (Lipinski definition) is 1. The topological polar surface area (TPSA) is 26.0 Å². The molecule has 2 N–H and O–H groups in total. The van der Waals surface area contributed by atoms with E-state index < -0.39 is 0 Å². The fourth-order valence-electron chi connectivity index (χ4n) is 3.34. The molecule has 0 bridgehead atoms. The minimum Gasteiger partial charge on any atom is -0.330 e. The molecule has 1 aliphatic carbocycles. The highest BCUT2D eigenvalue weighted by Gasteiger charge is 2.23. The van der Waals surface area contributed by atoms with Crippen LogP contribution in [0, 0.1) is 11.8 Å². The van der Waals surface area contributed by atoms with E-state index >= 15 is 0 Å². The summed E-state index contributed by atoms with van der Waals surface area (Å²) < 4.78 is 0. The van der Waals surface area contributed by atoms with Gasteiger partial charge in [-0.3, -0.25) is 0 Å². The number of hydrogen-bond acceptors (Lipinski definition) is 1. The average molecular weight is 239 g/mol. The van der Waals surface area contributed by atoms with Gasteiger partial charge in [0.15, 0.2) is 0 Å².